The molecule has 1 amide bonds. The lowest BCUT2D eigenvalue weighted by molar-refractivity contribution is 0.102. The van der Waals surface area contributed by atoms with E-state index in [4.69, 9.17) is 16.0 Å². The Morgan fingerprint density at radius 3 is 2.76 bits per heavy atom. The highest BCUT2D eigenvalue weighted by molar-refractivity contribution is 9.10. The second kappa shape index (κ2) is 4.89. The van der Waals surface area contributed by atoms with Crippen LogP contribution in [0.25, 0.3) is 0 Å². The summed E-state index contributed by atoms with van der Waals surface area (Å²) >= 11 is 8.79. The van der Waals surface area contributed by atoms with E-state index in [0.717, 1.165) is 0 Å². The summed E-state index contributed by atoms with van der Waals surface area (Å²) in [7, 11) is 0. The second-order valence-corrected chi connectivity index (χ2v) is 4.36. The lowest BCUT2D eigenvalue weighted by atomic mass is 10.2. The molecular formula is C11H6BrClFNO2. The number of para-hydroxylation sites is 1. The molecule has 6 heteroatoms. The minimum atomic E-state index is -0.535. The predicted octanol–water partition coefficient (Wildman–Crippen LogP) is 4.09. The van der Waals surface area contributed by atoms with Crippen molar-refractivity contribution in [3.63, 3.8) is 0 Å². The number of nitrogens with one attached hydrogen (secondary N) is 1. The largest absolute Gasteiger partial charge is 0.452 e. The van der Waals surface area contributed by atoms with E-state index in [-0.39, 0.29) is 16.5 Å². The van der Waals surface area contributed by atoms with Gasteiger partial charge in [0.15, 0.2) is 0 Å². The molecule has 0 aliphatic carbocycles. The molecular weight excluding hydrogens is 312 g/mol. The molecule has 2 rings (SSSR count). The first-order valence-corrected chi connectivity index (χ1v) is 5.75. The first-order chi connectivity index (χ1) is 8.09. The van der Waals surface area contributed by atoms with Crippen LogP contribution >= 0.6 is 27.5 Å². The van der Waals surface area contributed by atoms with Crippen LogP contribution in [0.4, 0.5) is 10.1 Å². The van der Waals surface area contributed by atoms with E-state index >= 15 is 0 Å². The van der Waals surface area contributed by atoms with Crippen molar-refractivity contribution in [3.8, 4) is 0 Å². The van der Waals surface area contributed by atoms with Gasteiger partial charge < -0.3 is 9.73 Å². The SMILES string of the molecule is O=C(Nc1c(F)cccc1Br)c1ccoc1Cl. The number of furan rings is 1. The van der Waals surface area contributed by atoms with Crippen LogP contribution in [0.3, 0.4) is 0 Å². The molecule has 0 spiro atoms. The highest BCUT2D eigenvalue weighted by Crippen LogP contribution is 2.26. The van der Waals surface area contributed by atoms with Crippen molar-refractivity contribution < 1.29 is 13.6 Å². The smallest absolute Gasteiger partial charge is 0.260 e. The van der Waals surface area contributed by atoms with Crippen LogP contribution in [0, 0.1) is 5.82 Å². The quantitative estimate of drug-likeness (QED) is 0.906. The van der Waals surface area contributed by atoms with Gasteiger partial charge in [0.25, 0.3) is 5.91 Å². The first-order valence-electron chi connectivity index (χ1n) is 4.58. The molecule has 2 aromatic rings. The zero-order valence-electron chi connectivity index (χ0n) is 8.34. The normalized spacial score (nSPS) is 10.3. The molecule has 0 unspecified atom stereocenters. The topological polar surface area (TPSA) is 42.2 Å². The maximum Gasteiger partial charge on any atom is 0.260 e. The Morgan fingerprint density at radius 1 is 1.41 bits per heavy atom. The van der Waals surface area contributed by atoms with E-state index in [1.807, 2.05) is 0 Å². The van der Waals surface area contributed by atoms with Gasteiger partial charge in [0.2, 0.25) is 5.22 Å². The summed E-state index contributed by atoms with van der Waals surface area (Å²) in [6.45, 7) is 0. The molecule has 0 aliphatic rings. The molecule has 3 nitrogen and oxygen atoms in total. The first kappa shape index (κ1) is 12.1. The molecule has 0 saturated carbocycles. The average Bonchev–Trinajstić information content (AvgIpc) is 2.70. The van der Waals surface area contributed by atoms with Crippen molar-refractivity contribution in [1.29, 1.82) is 0 Å². The molecule has 0 aliphatic heterocycles. The minimum Gasteiger partial charge on any atom is -0.452 e. The van der Waals surface area contributed by atoms with Crippen LogP contribution in [-0.2, 0) is 0 Å². The number of carbonyl (C=O) groups is 1. The Balaban J connectivity index is 2.28. The van der Waals surface area contributed by atoms with E-state index in [1.54, 1.807) is 6.07 Å². The molecule has 1 N–H and O–H groups in total. The van der Waals surface area contributed by atoms with Crippen molar-refractivity contribution in [1.82, 2.24) is 0 Å². The molecule has 1 aromatic heterocycles. The third-order valence-electron chi connectivity index (χ3n) is 2.06. The fourth-order valence-corrected chi connectivity index (χ4v) is 1.90. The molecule has 0 radical (unpaired) electrons. The van der Waals surface area contributed by atoms with Gasteiger partial charge in [0.05, 0.1) is 17.5 Å². The van der Waals surface area contributed by atoms with Crippen molar-refractivity contribution in [2.24, 2.45) is 0 Å². The minimum absolute atomic E-state index is 0.0324. The highest BCUT2D eigenvalue weighted by Gasteiger charge is 2.16. The molecule has 0 fully saturated rings. The van der Waals surface area contributed by atoms with Gasteiger partial charge in [-0.1, -0.05) is 6.07 Å². The number of carbonyl (C=O) groups excluding carboxylic acids is 1. The van der Waals surface area contributed by atoms with Crippen LogP contribution in [0.2, 0.25) is 5.22 Å². The van der Waals surface area contributed by atoms with Gasteiger partial charge >= 0.3 is 0 Å². The average molecular weight is 319 g/mol. The monoisotopic (exact) mass is 317 g/mol. The second-order valence-electron chi connectivity index (χ2n) is 3.16. The van der Waals surface area contributed by atoms with Crippen LogP contribution in [0.1, 0.15) is 10.4 Å². The van der Waals surface area contributed by atoms with Crippen LogP contribution in [-0.4, -0.2) is 5.91 Å². The zero-order valence-corrected chi connectivity index (χ0v) is 10.7. The lowest BCUT2D eigenvalue weighted by Gasteiger charge is -2.07. The van der Waals surface area contributed by atoms with Crippen LogP contribution in [0.15, 0.2) is 39.4 Å². The summed E-state index contributed by atoms with van der Waals surface area (Å²) in [6.07, 6.45) is 1.29. The number of halogens is 3. The number of amides is 1. The van der Waals surface area contributed by atoms with Gasteiger partial charge in [-0.25, -0.2) is 4.39 Å². The Morgan fingerprint density at radius 2 is 2.18 bits per heavy atom. The van der Waals surface area contributed by atoms with Gasteiger partial charge in [-0.05, 0) is 45.7 Å². The zero-order chi connectivity index (χ0) is 12.4. The summed E-state index contributed by atoms with van der Waals surface area (Å²) in [6, 6.07) is 5.80. The lowest BCUT2D eigenvalue weighted by Crippen LogP contribution is -2.13. The van der Waals surface area contributed by atoms with Gasteiger partial charge in [-0.2, -0.15) is 0 Å². The van der Waals surface area contributed by atoms with Crippen LogP contribution < -0.4 is 5.32 Å². The van der Waals surface area contributed by atoms with Crippen molar-refractivity contribution in [3.05, 3.63) is 51.6 Å². The maximum absolute atomic E-state index is 13.5. The number of hydrogen-bond donors (Lipinski definition) is 1. The number of rotatable bonds is 2. The third-order valence-corrected chi connectivity index (χ3v) is 3.02. The fraction of sp³-hybridized carbons (Fsp3) is 0. The molecule has 17 heavy (non-hydrogen) atoms. The Labute approximate surface area is 110 Å². The molecule has 0 saturated heterocycles. The predicted molar refractivity (Wildman–Crippen MR) is 65.8 cm³/mol. The van der Waals surface area contributed by atoms with E-state index in [9.17, 15) is 9.18 Å². The van der Waals surface area contributed by atoms with E-state index < -0.39 is 11.7 Å². The summed E-state index contributed by atoms with van der Waals surface area (Å²) in [5, 5.41) is 2.38. The van der Waals surface area contributed by atoms with Crippen LogP contribution in [0.5, 0.6) is 0 Å². The molecule has 0 bridgehead atoms. The molecule has 1 aromatic carbocycles. The van der Waals surface area contributed by atoms with E-state index in [1.165, 1.54) is 24.5 Å². The standard InChI is InChI=1S/C11H6BrClFNO2/c12-7-2-1-3-8(14)9(7)15-11(16)6-4-5-17-10(6)13/h1-5H,(H,15,16). The van der Waals surface area contributed by atoms with Crippen molar-refractivity contribution >= 4 is 39.1 Å². The molecule has 88 valence electrons. The summed E-state index contributed by atoms with van der Waals surface area (Å²) in [4.78, 5) is 11.8. The summed E-state index contributed by atoms with van der Waals surface area (Å²) < 4.78 is 18.7. The Kier molecular flexibility index (Phi) is 3.49. The Hall–Kier alpha value is -1.33. The Bertz CT molecular complexity index is 550. The number of anilines is 1. The van der Waals surface area contributed by atoms with Crippen molar-refractivity contribution in [2.45, 2.75) is 0 Å². The summed E-state index contributed by atoms with van der Waals surface area (Å²) in [5.41, 5.74) is 0.219. The molecule has 1 heterocycles. The number of benzene rings is 1. The molecule has 0 atom stereocenters. The van der Waals surface area contributed by atoms with Crippen molar-refractivity contribution in [2.75, 3.05) is 5.32 Å². The van der Waals surface area contributed by atoms with E-state index in [0.29, 0.717) is 4.47 Å². The maximum atomic E-state index is 13.5. The fourth-order valence-electron chi connectivity index (χ4n) is 1.25. The highest BCUT2D eigenvalue weighted by atomic mass is 79.9. The van der Waals surface area contributed by atoms with Gasteiger partial charge in [-0.15, -0.1) is 0 Å². The van der Waals surface area contributed by atoms with Gasteiger partial charge in [-0.3, -0.25) is 4.79 Å². The van der Waals surface area contributed by atoms with Gasteiger partial charge in [0, 0.05) is 4.47 Å². The summed E-state index contributed by atoms with van der Waals surface area (Å²) in [5.74, 6) is -1.07. The third kappa shape index (κ3) is 2.50. The number of hydrogen-bond acceptors (Lipinski definition) is 2. The van der Waals surface area contributed by atoms with E-state index in [2.05, 4.69) is 21.2 Å². The van der Waals surface area contributed by atoms with Gasteiger partial charge in [0.1, 0.15) is 5.82 Å².